The van der Waals surface area contributed by atoms with Gasteiger partial charge in [0.15, 0.2) is 5.78 Å². The molecule has 1 aliphatic rings. The zero-order valence-electron chi connectivity index (χ0n) is 10.4. The van der Waals surface area contributed by atoms with Crippen LogP contribution in [-0.4, -0.2) is 12.4 Å². The maximum absolute atomic E-state index is 12.7. The number of carbonyl (C=O) groups is 1. The van der Waals surface area contributed by atoms with Crippen LogP contribution in [0.25, 0.3) is 0 Å². The third-order valence-electron chi connectivity index (χ3n) is 3.30. The Morgan fingerprint density at radius 3 is 2.68 bits per heavy atom. The number of ether oxygens (including phenoxy) is 1. The maximum Gasteiger partial charge on any atom is 0.197 e. The highest BCUT2D eigenvalue weighted by Gasteiger charge is 2.21. The predicted molar refractivity (Wildman–Crippen MR) is 82.8 cm³/mol. The van der Waals surface area contributed by atoms with Gasteiger partial charge >= 0.3 is 0 Å². The van der Waals surface area contributed by atoms with E-state index in [9.17, 15) is 4.79 Å². The Labute approximate surface area is 125 Å². The third-order valence-corrected chi connectivity index (χ3v) is 4.24. The molecule has 0 saturated heterocycles. The minimum atomic E-state index is 0.0451. The van der Waals surface area contributed by atoms with Crippen LogP contribution in [0.1, 0.15) is 27.9 Å². The second-order valence-corrected chi connectivity index (χ2v) is 5.72. The lowest BCUT2D eigenvalue weighted by atomic mass is 9.97. The van der Waals surface area contributed by atoms with E-state index in [1.165, 1.54) is 0 Å². The van der Waals surface area contributed by atoms with Crippen LogP contribution < -0.4 is 4.74 Å². The quantitative estimate of drug-likeness (QED) is 0.598. The molecule has 96 valence electrons. The number of halogens is 1. The van der Waals surface area contributed by atoms with Crippen LogP contribution in [0.5, 0.6) is 5.75 Å². The Balaban J connectivity index is 2.08. The third kappa shape index (κ3) is 2.39. The van der Waals surface area contributed by atoms with Crippen molar-refractivity contribution < 1.29 is 9.53 Å². The molecule has 0 radical (unpaired) electrons. The molecule has 0 bridgehead atoms. The SMILES string of the molecule is O=C(c1ccccc1I)c1cccc2c1OCCC2. The second kappa shape index (κ2) is 5.33. The predicted octanol–water partition coefficient (Wildman–Crippen LogP) is 3.85. The molecule has 1 aliphatic heterocycles. The number of benzene rings is 2. The van der Waals surface area contributed by atoms with Gasteiger partial charge in [0.25, 0.3) is 0 Å². The smallest absolute Gasteiger partial charge is 0.197 e. The van der Waals surface area contributed by atoms with Crippen molar-refractivity contribution in [2.75, 3.05) is 6.61 Å². The Morgan fingerprint density at radius 2 is 1.84 bits per heavy atom. The molecule has 0 aromatic heterocycles. The van der Waals surface area contributed by atoms with E-state index in [-0.39, 0.29) is 5.78 Å². The average Bonchev–Trinajstić information content (AvgIpc) is 2.46. The summed E-state index contributed by atoms with van der Waals surface area (Å²) in [6, 6.07) is 13.5. The number of hydrogen-bond donors (Lipinski definition) is 0. The van der Waals surface area contributed by atoms with E-state index in [2.05, 4.69) is 22.6 Å². The number of carbonyl (C=O) groups excluding carboxylic acids is 1. The van der Waals surface area contributed by atoms with E-state index in [0.29, 0.717) is 12.2 Å². The minimum Gasteiger partial charge on any atom is -0.493 e. The number of aryl methyl sites for hydroxylation is 1. The number of hydrogen-bond acceptors (Lipinski definition) is 2. The molecule has 3 rings (SSSR count). The van der Waals surface area contributed by atoms with Crippen molar-refractivity contribution in [2.45, 2.75) is 12.8 Å². The molecule has 0 N–H and O–H groups in total. The summed E-state index contributed by atoms with van der Waals surface area (Å²) in [6.07, 6.45) is 2.01. The molecule has 0 atom stereocenters. The molecule has 19 heavy (non-hydrogen) atoms. The molecule has 3 heteroatoms. The highest BCUT2D eigenvalue weighted by molar-refractivity contribution is 14.1. The molecule has 0 spiro atoms. The van der Waals surface area contributed by atoms with Crippen molar-refractivity contribution >= 4 is 28.4 Å². The summed E-state index contributed by atoms with van der Waals surface area (Å²) < 4.78 is 6.68. The van der Waals surface area contributed by atoms with Crippen molar-refractivity contribution in [3.8, 4) is 5.75 Å². The average molecular weight is 364 g/mol. The van der Waals surface area contributed by atoms with Crippen LogP contribution in [0, 0.1) is 3.57 Å². The van der Waals surface area contributed by atoms with Crippen molar-refractivity contribution in [1.82, 2.24) is 0 Å². The monoisotopic (exact) mass is 364 g/mol. The Kier molecular flexibility index (Phi) is 3.55. The summed E-state index contributed by atoms with van der Waals surface area (Å²) >= 11 is 2.20. The van der Waals surface area contributed by atoms with Crippen molar-refractivity contribution in [3.05, 3.63) is 62.7 Å². The van der Waals surface area contributed by atoms with Crippen molar-refractivity contribution in [1.29, 1.82) is 0 Å². The van der Waals surface area contributed by atoms with Gasteiger partial charge in [0.1, 0.15) is 5.75 Å². The minimum absolute atomic E-state index is 0.0451. The largest absolute Gasteiger partial charge is 0.493 e. The zero-order valence-corrected chi connectivity index (χ0v) is 12.5. The van der Waals surface area contributed by atoms with E-state index in [1.54, 1.807) is 0 Å². The van der Waals surface area contributed by atoms with E-state index >= 15 is 0 Å². The Morgan fingerprint density at radius 1 is 1.05 bits per heavy atom. The Hall–Kier alpha value is -1.36. The fraction of sp³-hybridized carbons (Fsp3) is 0.188. The summed E-state index contributed by atoms with van der Waals surface area (Å²) in [5.41, 5.74) is 2.56. The lowest BCUT2D eigenvalue weighted by molar-refractivity contribution is 0.103. The van der Waals surface area contributed by atoms with Gasteiger partial charge in [-0.1, -0.05) is 24.3 Å². The lowest BCUT2D eigenvalue weighted by Gasteiger charge is -2.19. The topological polar surface area (TPSA) is 26.3 Å². The van der Waals surface area contributed by atoms with Gasteiger partial charge in [-0.15, -0.1) is 0 Å². The number of rotatable bonds is 2. The van der Waals surface area contributed by atoms with Gasteiger partial charge in [-0.05, 0) is 59.2 Å². The maximum atomic E-state index is 12.7. The van der Waals surface area contributed by atoms with Crippen LogP contribution in [0.15, 0.2) is 42.5 Å². The lowest BCUT2D eigenvalue weighted by Crippen LogP contribution is -2.13. The van der Waals surface area contributed by atoms with Crippen LogP contribution >= 0.6 is 22.6 Å². The number of para-hydroxylation sites is 1. The first-order chi connectivity index (χ1) is 9.27. The normalized spacial score (nSPS) is 13.5. The van der Waals surface area contributed by atoms with Gasteiger partial charge < -0.3 is 4.74 Å². The first-order valence-electron chi connectivity index (χ1n) is 6.31. The molecule has 0 fully saturated rings. The molecule has 2 aromatic rings. The highest BCUT2D eigenvalue weighted by atomic mass is 127. The first-order valence-corrected chi connectivity index (χ1v) is 7.39. The van der Waals surface area contributed by atoms with Gasteiger partial charge in [0, 0.05) is 9.13 Å². The van der Waals surface area contributed by atoms with Crippen LogP contribution in [0.2, 0.25) is 0 Å². The molecule has 2 aromatic carbocycles. The highest BCUT2D eigenvalue weighted by Crippen LogP contribution is 2.31. The number of ketones is 1. The summed E-state index contributed by atoms with van der Waals surface area (Å²) in [4.78, 5) is 12.7. The van der Waals surface area contributed by atoms with Gasteiger partial charge in [-0.3, -0.25) is 4.79 Å². The van der Waals surface area contributed by atoms with E-state index in [0.717, 1.165) is 33.3 Å². The fourth-order valence-corrected chi connectivity index (χ4v) is 2.99. The molecular formula is C16H13IO2. The molecule has 0 aliphatic carbocycles. The molecule has 2 nitrogen and oxygen atoms in total. The zero-order chi connectivity index (χ0) is 13.2. The Bertz CT molecular complexity index is 634. The molecule has 0 saturated carbocycles. The molecule has 0 unspecified atom stereocenters. The first kappa shape index (κ1) is 12.7. The van der Waals surface area contributed by atoms with Gasteiger partial charge in [-0.25, -0.2) is 0 Å². The van der Waals surface area contributed by atoms with Gasteiger partial charge in [0.05, 0.1) is 12.2 Å². The van der Waals surface area contributed by atoms with Crippen LogP contribution in [0.3, 0.4) is 0 Å². The number of fused-ring (bicyclic) bond motifs is 1. The standard InChI is InChI=1S/C16H13IO2/c17-14-9-2-1-7-12(14)15(18)13-8-3-5-11-6-4-10-19-16(11)13/h1-3,5,7-9H,4,6,10H2. The van der Waals surface area contributed by atoms with Crippen molar-refractivity contribution in [3.63, 3.8) is 0 Å². The molecule has 0 amide bonds. The van der Waals surface area contributed by atoms with Crippen LogP contribution in [-0.2, 0) is 6.42 Å². The van der Waals surface area contributed by atoms with Gasteiger partial charge in [0.2, 0.25) is 0 Å². The fourth-order valence-electron chi connectivity index (χ4n) is 2.36. The van der Waals surface area contributed by atoms with Crippen LogP contribution in [0.4, 0.5) is 0 Å². The summed E-state index contributed by atoms with van der Waals surface area (Å²) in [6.45, 7) is 0.698. The van der Waals surface area contributed by atoms with E-state index in [4.69, 9.17) is 4.74 Å². The van der Waals surface area contributed by atoms with E-state index in [1.807, 2.05) is 42.5 Å². The second-order valence-electron chi connectivity index (χ2n) is 4.55. The summed E-state index contributed by atoms with van der Waals surface area (Å²) in [5, 5.41) is 0. The van der Waals surface area contributed by atoms with E-state index < -0.39 is 0 Å². The van der Waals surface area contributed by atoms with Crippen molar-refractivity contribution in [2.24, 2.45) is 0 Å². The molecular weight excluding hydrogens is 351 g/mol. The molecule has 1 heterocycles. The summed E-state index contributed by atoms with van der Waals surface area (Å²) in [7, 11) is 0. The summed E-state index contributed by atoms with van der Waals surface area (Å²) in [5.74, 6) is 0.821. The van der Waals surface area contributed by atoms with Gasteiger partial charge in [-0.2, -0.15) is 0 Å².